The summed E-state index contributed by atoms with van der Waals surface area (Å²) in [5.41, 5.74) is 1.56. The van der Waals surface area contributed by atoms with Crippen LogP contribution in [0, 0.1) is 0 Å². The Balaban J connectivity index is 0.00000169. The van der Waals surface area contributed by atoms with E-state index in [0.29, 0.717) is 0 Å². The first-order valence-corrected chi connectivity index (χ1v) is 4.73. The Hall–Kier alpha value is -0.530. The van der Waals surface area contributed by atoms with Gasteiger partial charge in [-0.1, -0.05) is 30.3 Å². The van der Waals surface area contributed by atoms with Gasteiger partial charge in [-0.25, -0.2) is 0 Å². The van der Waals surface area contributed by atoms with Gasteiger partial charge in [0.25, 0.3) is 0 Å². The molecule has 14 heavy (non-hydrogen) atoms. The van der Waals surface area contributed by atoms with E-state index >= 15 is 0 Å². The Morgan fingerprint density at radius 2 is 1.36 bits per heavy atom. The number of hydrogen-bond donors (Lipinski definition) is 0. The van der Waals surface area contributed by atoms with E-state index in [2.05, 4.69) is 65.3 Å². The smallest absolute Gasteiger partial charge is 0.118 e. The van der Waals surface area contributed by atoms with Crippen LogP contribution in [0.4, 0.5) is 0 Å². The second-order valence-electron chi connectivity index (χ2n) is 4.94. The van der Waals surface area contributed by atoms with Crippen LogP contribution in [0.2, 0.25) is 0 Å². The van der Waals surface area contributed by atoms with Gasteiger partial charge in [-0.05, 0) is 13.8 Å². The molecule has 0 aliphatic carbocycles. The third-order valence-electron chi connectivity index (χ3n) is 3.16. The SMILES string of the molecule is CC(C)(c1ccccc1)[N+](C)(C)C.[Cl-]. The fourth-order valence-corrected chi connectivity index (χ4v) is 1.23. The maximum Gasteiger partial charge on any atom is 0.118 e. The van der Waals surface area contributed by atoms with E-state index in [9.17, 15) is 0 Å². The Labute approximate surface area is 93.7 Å². The Kier molecular flexibility index (Phi) is 4.16. The molecule has 0 bridgehead atoms. The number of hydrogen-bond acceptors (Lipinski definition) is 0. The number of halogens is 1. The van der Waals surface area contributed by atoms with Crippen LogP contribution < -0.4 is 12.4 Å². The Morgan fingerprint density at radius 3 is 1.71 bits per heavy atom. The summed E-state index contributed by atoms with van der Waals surface area (Å²) in [5.74, 6) is 0. The molecule has 0 saturated heterocycles. The molecule has 2 heteroatoms. The predicted molar refractivity (Wildman–Crippen MR) is 57.5 cm³/mol. The van der Waals surface area contributed by atoms with E-state index in [-0.39, 0.29) is 17.9 Å². The van der Waals surface area contributed by atoms with Gasteiger partial charge >= 0.3 is 0 Å². The summed E-state index contributed by atoms with van der Waals surface area (Å²) in [6, 6.07) is 10.7. The molecule has 0 spiro atoms. The highest BCUT2D eigenvalue weighted by Crippen LogP contribution is 2.29. The first kappa shape index (κ1) is 13.5. The van der Waals surface area contributed by atoms with Gasteiger partial charge in [0.15, 0.2) is 0 Å². The zero-order valence-corrected chi connectivity index (χ0v) is 10.5. The van der Waals surface area contributed by atoms with Gasteiger partial charge in [-0.15, -0.1) is 0 Å². The summed E-state index contributed by atoms with van der Waals surface area (Å²) in [6.07, 6.45) is 0. The van der Waals surface area contributed by atoms with Crippen LogP contribution in [0.15, 0.2) is 30.3 Å². The molecule has 0 saturated carbocycles. The van der Waals surface area contributed by atoms with Crippen LogP contribution in [-0.2, 0) is 5.54 Å². The molecule has 0 fully saturated rings. The number of quaternary nitrogens is 1. The number of nitrogens with zero attached hydrogens (tertiary/aromatic N) is 1. The summed E-state index contributed by atoms with van der Waals surface area (Å²) < 4.78 is 0.941. The van der Waals surface area contributed by atoms with Crippen LogP contribution >= 0.6 is 0 Å². The predicted octanol–water partition coefficient (Wildman–Crippen LogP) is -0.368. The molecule has 0 amide bonds. The Morgan fingerprint density at radius 1 is 0.929 bits per heavy atom. The van der Waals surface area contributed by atoms with Crippen molar-refractivity contribution >= 4 is 0 Å². The fraction of sp³-hybridized carbons (Fsp3) is 0.500. The van der Waals surface area contributed by atoms with Crippen LogP contribution in [0.1, 0.15) is 19.4 Å². The van der Waals surface area contributed by atoms with E-state index in [1.54, 1.807) is 0 Å². The van der Waals surface area contributed by atoms with E-state index in [1.807, 2.05) is 0 Å². The lowest BCUT2D eigenvalue weighted by molar-refractivity contribution is -0.927. The van der Waals surface area contributed by atoms with Crippen molar-refractivity contribution < 1.29 is 16.9 Å². The monoisotopic (exact) mass is 213 g/mol. The van der Waals surface area contributed by atoms with Gasteiger partial charge in [0.05, 0.1) is 21.1 Å². The summed E-state index contributed by atoms with van der Waals surface area (Å²) in [4.78, 5) is 0. The average Bonchev–Trinajstić information content (AvgIpc) is 2.04. The highest BCUT2D eigenvalue weighted by molar-refractivity contribution is 5.20. The zero-order chi connectivity index (χ0) is 10.1. The van der Waals surface area contributed by atoms with Gasteiger partial charge in [-0.2, -0.15) is 0 Å². The van der Waals surface area contributed by atoms with Crippen molar-refractivity contribution in [1.29, 1.82) is 0 Å². The molecule has 0 heterocycles. The molecule has 1 aromatic rings. The van der Waals surface area contributed by atoms with E-state index in [4.69, 9.17) is 0 Å². The van der Waals surface area contributed by atoms with Crippen molar-refractivity contribution in [3.05, 3.63) is 35.9 Å². The average molecular weight is 214 g/mol. The molecule has 0 unspecified atom stereocenters. The van der Waals surface area contributed by atoms with E-state index in [1.165, 1.54) is 5.56 Å². The fourth-order valence-electron chi connectivity index (χ4n) is 1.23. The van der Waals surface area contributed by atoms with Crippen LogP contribution in [0.25, 0.3) is 0 Å². The second-order valence-corrected chi connectivity index (χ2v) is 4.94. The normalized spacial score (nSPS) is 12.1. The van der Waals surface area contributed by atoms with Gasteiger partial charge < -0.3 is 16.9 Å². The molecule has 0 aliphatic heterocycles. The van der Waals surface area contributed by atoms with Gasteiger partial charge in [0.1, 0.15) is 5.54 Å². The molecule has 1 nitrogen and oxygen atoms in total. The molecular formula is C12H20ClN. The number of benzene rings is 1. The van der Waals surface area contributed by atoms with Crippen LogP contribution in [0.3, 0.4) is 0 Å². The van der Waals surface area contributed by atoms with Crippen molar-refractivity contribution in [2.24, 2.45) is 0 Å². The maximum atomic E-state index is 2.28. The molecule has 0 aliphatic rings. The lowest BCUT2D eigenvalue weighted by Gasteiger charge is -2.41. The molecule has 0 atom stereocenters. The van der Waals surface area contributed by atoms with Crippen molar-refractivity contribution in [3.63, 3.8) is 0 Å². The number of rotatable bonds is 2. The minimum Gasteiger partial charge on any atom is -1.00 e. The maximum absolute atomic E-state index is 2.28. The minimum atomic E-state index is 0. The second kappa shape index (κ2) is 4.33. The Bertz CT molecular complexity index is 272. The first-order chi connectivity index (χ1) is 5.86. The van der Waals surface area contributed by atoms with Gasteiger partial charge in [0.2, 0.25) is 0 Å². The van der Waals surface area contributed by atoms with Gasteiger partial charge in [-0.3, -0.25) is 0 Å². The van der Waals surface area contributed by atoms with E-state index < -0.39 is 0 Å². The minimum absolute atomic E-state index is 0. The molecule has 80 valence electrons. The highest BCUT2D eigenvalue weighted by Gasteiger charge is 2.34. The van der Waals surface area contributed by atoms with Crippen molar-refractivity contribution in [2.45, 2.75) is 19.4 Å². The third-order valence-corrected chi connectivity index (χ3v) is 3.16. The molecule has 1 rings (SSSR count). The summed E-state index contributed by atoms with van der Waals surface area (Å²) in [7, 11) is 6.69. The molecule has 0 N–H and O–H groups in total. The molecule has 0 aromatic heterocycles. The van der Waals surface area contributed by atoms with Gasteiger partial charge in [0, 0.05) is 5.56 Å². The molecule has 0 radical (unpaired) electrons. The van der Waals surface area contributed by atoms with Crippen molar-refractivity contribution in [1.82, 2.24) is 0 Å². The van der Waals surface area contributed by atoms with Crippen LogP contribution in [-0.4, -0.2) is 25.6 Å². The highest BCUT2D eigenvalue weighted by atomic mass is 35.5. The summed E-state index contributed by atoms with van der Waals surface area (Å²) in [5, 5.41) is 0. The topological polar surface area (TPSA) is 0 Å². The largest absolute Gasteiger partial charge is 1.00 e. The quantitative estimate of drug-likeness (QED) is 0.589. The van der Waals surface area contributed by atoms with Crippen molar-refractivity contribution in [3.8, 4) is 0 Å². The standard InChI is InChI=1S/C12H20N.ClH/c1-12(2,13(3,4)5)11-9-7-6-8-10-11;/h6-10H,1-5H3;1H/q+1;/p-1. The lowest BCUT2D eigenvalue weighted by atomic mass is 9.91. The summed E-state index contributed by atoms with van der Waals surface area (Å²) >= 11 is 0. The molecule has 1 aromatic carbocycles. The van der Waals surface area contributed by atoms with Crippen LogP contribution in [0.5, 0.6) is 0 Å². The van der Waals surface area contributed by atoms with E-state index in [0.717, 1.165) is 4.48 Å². The third kappa shape index (κ3) is 2.49. The summed E-state index contributed by atoms with van der Waals surface area (Å²) in [6.45, 7) is 4.56. The molecular weight excluding hydrogens is 194 g/mol. The first-order valence-electron chi connectivity index (χ1n) is 4.73. The lowest BCUT2D eigenvalue weighted by Crippen LogP contribution is -3.00. The zero-order valence-electron chi connectivity index (χ0n) is 9.71. The van der Waals surface area contributed by atoms with Crippen molar-refractivity contribution in [2.75, 3.05) is 21.1 Å².